The van der Waals surface area contributed by atoms with Gasteiger partial charge in [-0.2, -0.15) is 13.2 Å². The number of rotatable bonds is 22. The van der Waals surface area contributed by atoms with Gasteiger partial charge in [0.2, 0.25) is 0 Å². The van der Waals surface area contributed by atoms with Gasteiger partial charge in [-0.3, -0.25) is 0 Å². The Morgan fingerprint density at radius 2 is 1.22 bits per heavy atom. The lowest BCUT2D eigenvalue weighted by Gasteiger charge is -2.21. The quantitative estimate of drug-likeness (QED) is 0.0453. The summed E-state index contributed by atoms with van der Waals surface area (Å²) in [7, 11) is 0. The van der Waals surface area contributed by atoms with Gasteiger partial charge >= 0.3 is 18.1 Å². The number of carbonyl (C=O) groups excluding carboxylic acids is 2. The standard InChI is InChI=1S/C39H48F4O6/c1-3-5-7-8-9-10-12-27-47-33-22-19-30(20-23-33)29-15-17-31(18-16-29)37(44)48-35-24-21-32(28-34(35)40)38(45)49-36(39(41,42)43)14-11-13-26-46-25-6-4-2/h15-24,28,36H,3-14,25-27H2,1-2H3. The maximum absolute atomic E-state index is 14.8. The van der Waals surface area contributed by atoms with Crippen molar-refractivity contribution < 1.29 is 46.1 Å². The lowest BCUT2D eigenvalue weighted by atomic mass is 10.0. The molecule has 0 aromatic heterocycles. The maximum atomic E-state index is 14.8. The van der Waals surface area contributed by atoms with Gasteiger partial charge < -0.3 is 18.9 Å². The van der Waals surface area contributed by atoms with E-state index in [0.29, 0.717) is 32.3 Å². The van der Waals surface area contributed by atoms with Crippen molar-refractivity contribution in [3.63, 3.8) is 0 Å². The zero-order chi connectivity index (χ0) is 35.5. The average Bonchev–Trinajstić information content (AvgIpc) is 3.09. The minimum Gasteiger partial charge on any atom is -0.494 e. The van der Waals surface area contributed by atoms with Crippen molar-refractivity contribution in [3.05, 3.63) is 83.7 Å². The van der Waals surface area contributed by atoms with Crippen molar-refractivity contribution >= 4 is 11.9 Å². The number of alkyl halides is 3. The van der Waals surface area contributed by atoms with Crippen molar-refractivity contribution in [2.75, 3.05) is 19.8 Å². The summed E-state index contributed by atoms with van der Waals surface area (Å²) in [5.41, 5.74) is 1.49. The Labute approximate surface area is 287 Å². The summed E-state index contributed by atoms with van der Waals surface area (Å²) in [6.07, 6.45) is 3.29. The molecule has 0 aliphatic rings. The number of hydrogen-bond acceptors (Lipinski definition) is 6. The van der Waals surface area contributed by atoms with E-state index in [9.17, 15) is 27.2 Å². The summed E-state index contributed by atoms with van der Waals surface area (Å²) in [4.78, 5) is 25.2. The monoisotopic (exact) mass is 688 g/mol. The normalized spacial score (nSPS) is 12.0. The molecule has 0 aliphatic heterocycles. The first-order valence-corrected chi connectivity index (χ1v) is 17.3. The van der Waals surface area contributed by atoms with Crippen LogP contribution in [-0.2, 0) is 9.47 Å². The van der Waals surface area contributed by atoms with Crippen LogP contribution < -0.4 is 9.47 Å². The Kier molecular flexibility index (Phi) is 17.1. The Morgan fingerprint density at radius 3 is 1.86 bits per heavy atom. The van der Waals surface area contributed by atoms with Gasteiger partial charge in [-0.25, -0.2) is 14.0 Å². The molecule has 3 rings (SSSR count). The molecule has 1 unspecified atom stereocenters. The highest BCUT2D eigenvalue weighted by Gasteiger charge is 2.42. The largest absolute Gasteiger partial charge is 0.494 e. The van der Waals surface area contributed by atoms with Gasteiger partial charge in [0.05, 0.1) is 17.7 Å². The van der Waals surface area contributed by atoms with Gasteiger partial charge in [-0.1, -0.05) is 83.1 Å². The van der Waals surface area contributed by atoms with E-state index in [1.54, 1.807) is 24.3 Å². The lowest BCUT2D eigenvalue weighted by Crippen LogP contribution is -2.34. The van der Waals surface area contributed by atoms with Gasteiger partial charge in [-0.05, 0) is 85.7 Å². The van der Waals surface area contributed by atoms with E-state index in [2.05, 4.69) is 6.92 Å². The number of esters is 2. The molecule has 0 amide bonds. The molecule has 6 nitrogen and oxygen atoms in total. The Morgan fingerprint density at radius 1 is 0.653 bits per heavy atom. The number of carbonyl (C=O) groups is 2. The van der Waals surface area contributed by atoms with Gasteiger partial charge in [0.1, 0.15) is 5.75 Å². The predicted octanol–water partition coefficient (Wildman–Crippen LogP) is 10.9. The summed E-state index contributed by atoms with van der Waals surface area (Å²) in [6, 6.07) is 16.9. The van der Waals surface area contributed by atoms with Crippen LogP contribution in [0.2, 0.25) is 0 Å². The van der Waals surface area contributed by atoms with E-state index in [-0.39, 0.29) is 12.0 Å². The van der Waals surface area contributed by atoms with Gasteiger partial charge in [0, 0.05) is 13.2 Å². The summed E-state index contributed by atoms with van der Waals surface area (Å²) in [6.45, 7) is 5.75. The molecule has 268 valence electrons. The number of halogens is 4. The first-order valence-electron chi connectivity index (χ1n) is 17.3. The van der Waals surface area contributed by atoms with Gasteiger partial charge in [-0.15, -0.1) is 0 Å². The smallest absolute Gasteiger partial charge is 0.425 e. The molecule has 0 radical (unpaired) electrons. The Bertz CT molecular complexity index is 1410. The van der Waals surface area contributed by atoms with Gasteiger partial charge in [0.15, 0.2) is 17.7 Å². The molecule has 0 N–H and O–H groups in total. The number of unbranched alkanes of at least 4 members (excludes halogenated alkanes) is 8. The van der Waals surface area contributed by atoms with E-state index in [1.807, 2.05) is 31.2 Å². The molecule has 0 fully saturated rings. The molecule has 0 aliphatic carbocycles. The second-order valence-corrected chi connectivity index (χ2v) is 12.0. The molecule has 0 spiro atoms. The van der Waals surface area contributed by atoms with Crippen LogP contribution in [0.25, 0.3) is 11.1 Å². The second-order valence-electron chi connectivity index (χ2n) is 12.0. The van der Waals surface area contributed by atoms with Crippen LogP contribution in [0.3, 0.4) is 0 Å². The van der Waals surface area contributed by atoms with Crippen LogP contribution >= 0.6 is 0 Å². The Balaban J connectivity index is 1.48. The van der Waals surface area contributed by atoms with E-state index in [4.69, 9.17) is 18.9 Å². The van der Waals surface area contributed by atoms with Crippen LogP contribution in [0.15, 0.2) is 66.7 Å². The molecule has 1 atom stereocenters. The highest BCUT2D eigenvalue weighted by atomic mass is 19.4. The SMILES string of the molecule is CCCCCCCCCOc1ccc(-c2ccc(C(=O)Oc3ccc(C(=O)OC(CCCCOCCCC)C(F)(F)F)cc3F)cc2)cc1. The fourth-order valence-corrected chi connectivity index (χ4v) is 5.03. The fourth-order valence-electron chi connectivity index (χ4n) is 5.03. The van der Waals surface area contributed by atoms with E-state index >= 15 is 0 Å². The van der Waals surface area contributed by atoms with Crippen molar-refractivity contribution in [1.82, 2.24) is 0 Å². The molecule has 49 heavy (non-hydrogen) atoms. The van der Waals surface area contributed by atoms with Crippen molar-refractivity contribution in [2.45, 2.75) is 103 Å². The van der Waals surface area contributed by atoms with E-state index in [0.717, 1.165) is 54.7 Å². The number of ether oxygens (including phenoxy) is 4. The number of benzene rings is 3. The van der Waals surface area contributed by atoms with E-state index in [1.165, 1.54) is 32.1 Å². The fraction of sp³-hybridized carbons (Fsp3) is 0.487. The summed E-state index contributed by atoms with van der Waals surface area (Å²) in [5, 5.41) is 0. The summed E-state index contributed by atoms with van der Waals surface area (Å²) in [5.74, 6) is -2.96. The second kappa shape index (κ2) is 21.2. The average molecular weight is 689 g/mol. The van der Waals surface area contributed by atoms with Crippen molar-refractivity contribution in [3.8, 4) is 22.6 Å². The Hall–Kier alpha value is -3.92. The molecular formula is C39H48F4O6. The first-order chi connectivity index (χ1) is 23.6. The lowest BCUT2D eigenvalue weighted by molar-refractivity contribution is -0.206. The maximum Gasteiger partial charge on any atom is 0.425 e. The topological polar surface area (TPSA) is 71.1 Å². The highest BCUT2D eigenvalue weighted by Crippen LogP contribution is 2.29. The summed E-state index contributed by atoms with van der Waals surface area (Å²) < 4.78 is 76.4. The minimum atomic E-state index is -4.78. The van der Waals surface area contributed by atoms with E-state index < -0.39 is 47.8 Å². The minimum absolute atomic E-state index is 0.133. The molecule has 3 aromatic rings. The van der Waals surface area contributed by atoms with Crippen molar-refractivity contribution in [2.24, 2.45) is 0 Å². The summed E-state index contributed by atoms with van der Waals surface area (Å²) >= 11 is 0. The zero-order valence-electron chi connectivity index (χ0n) is 28.5. The predicted molar refractivity (Wildman–Crippen MR) is 182 cm³/mol. The third-order valence-electron chi connectivity index (χ3n) is 7.96. The molecule has 0 saturated heterocycles. The molecule has 0 bridgehead atoms. The molecular weight excluding hydrogens is 640 g/mol. The van der Waals surface area contributed by atoms with Crippen LogP contribution in [0.1, 0.15) is 112 Å². The third-order valence-corrected chi connectivity index (χ3v) is 7.96. The first kappa shape index (κ1) is 39.5. The number of hydrogen-bond donors (Lipinski definition) is 0. The third kappa shape index (κ3) is 14.2. The van der Waals surface area contributed by atoms with Crippen LogP contribution in [0.4, 0.5) is 17.6 Å². The molecule has 3 aromatic carbocycles. The van der Waals surface area contributed by atoms with Crippen LogP contribution in [0.5, 0.6) is 11.5 Å². The van der Waals surface area contributed by atoms with Crippen molar-refractivity contribution in [1.29, 1.82) is 0 Å². The van der Waals surface area contributed by atoms with Crippen LogP contribution in [-0.4, -0.2) is 44.0 Å². The highest BCUT2D eigenvalue weighted by molar-refractivity contribution is 5.92. The van der Waals surface area contributed by atoms with Crippen LogP contribution in [0, 0.1) is 5.82 Å². The molecule has 0 heterocycles. The molecule has 10 heteroatoms. The van der Waals surface area contributed by atoms with Gasteiger partial charge in [0.25, 0.3) is 0 Å². The zero-order valence-corrected chi connectivity index (χ0v) is 28.5. The molecule has 0 saturated carbocycles.